The van der Waals surface area contributed by atoms with E-state index in [1.54, 1.807) is 12.1 Å². The van der Waals surface area contributed by atoms with E-state index in [4.69, 9.17) is 5.26 Å². The summed E-state index contributed by atoms with van der Waals surface area (Å²) in [6.07, 6.45) is 0. The van der Waals surface area contributed by atoms with Crippen molar-refractivity contribution < 1.29 is 0 Å². The van der Waals surface area contributed by atoms with Gasteiger partial charge in [-0.1, -0.05) is 24.3 Å². The van der Waals surface area contributed by atoms with Crippen LogP contribution in [-0.2, 0) is 0 Å². The molecule has 0 aliphatic carbocycles. The van der Waals surface area contributed by atoms with Crippen LogP contribution in [0.4, 0.5) is 5.82 Å². The molecule has 0 aliphatic heterocycles. The molecule has 0 saturated heterocycles. The number of hydrogen-bond donors (Lipinski definition) is 1. The van der Waals surface area contributed by atoms with Gasteiger partial charge in [-0.2, -0.15) is 5.26 Å². The second-order valence-electron chi connectivity index (χ2n) is 4.36. The fourth-order valence-electron chi connectivity index (χ4n) is 2.12. The first-order valence-corrected chi connectivity index (χ1v) is 6.27. The first kappa shape index (κ1) is 12.1. The van der Waals surface area contributed by atoms with E-state index in [1.165, 1.54) is 0 Å². The maximum Gasteiger partial charge on any atom is 0.162 e. The summed E-state index contributed by atoms with van der Waals surface area (Å²) in [5.41, 5.74) is 2.32. The molecule has 3 aromatic rings. The van der Waals surface area contributed by atoms with Gasteiger partial charge in [0.25, 0.3) is 0 Å². The molecule has 2 aromatic carbocycles. The second-order valence-corrected chi connectivity index (χ2v) is 4.36. The zero-order valence-corrected chi connectivity index (χ0v) is 11.0. The third-order valence-corrected chi connectivity index (χ3v) is 3.09. The van der Waals surface area contributed by atoms with Gasteiger partial charge in [0.05, 0.1) is 17.1 Å². The van der Waals surface area contributed by atoms with Crippen LogP contribution in [0.2, 0.25) is 0 Å². The Hall–Kier alpha value is -2.93. The molecule has 1 aromatic heterocycles. The van der Waals surface area contributed by atoms with E-state index in [0.29, 0.717) is 11.4 Å². The van der Waals surface area contributed by atoms with Crippen molar-refractivity contribution in [2.45, 2.75) is 0 Å². The molecule has 0 unspecified atom stereocenters. The molecule has 0 atom stereocenters. The van der Waals surface area contributed by atoms with Crippen LogP contribution < -0.4 is 5.32 Å². The standard InChI is InChI=1S/C16H12N4/c1-18-16-13-7-2-3-8-14(13)19-15(20-16)12-6-4-5-11(9-12)10-17/h2-9H,1H3,(H,18,19,20). The lowest BCUT2D eigenvalue weighted by Gasteiger charge is -2.08. The van der Waals surface area contributed by atoms with Crippen molar-refractivity contribution in [1.82, 2.24) is 9.97 Å². The Morgan fingerprint density at radius 1 is 1.05 bits per heavy atom. The molecular weight excluding hydrogens is 248 g/mol. The molecule has 0 bridgehead atoms. The Kier molecular flexibility index (Phi) is 3.02. The first-order chi connectivity index (χ1) is 9.81. The molecule has 0 fully saturated rings. The van der Waals surface area contributed by atoms with Gasteiger partial charge in [0.1, 0.15) is 5.82 Å². The fraction of sp³-hybridized carbons (Fsp3) is 0.0625. The SMILES string of the molecule is CNc1nc(-c2cccc(C#N)c2)nc2ccccc12. The van der Waals surface area contributed by atoms with Gasteiger partial charge in [-0.3, -0.25) is 0 Å². The number of para-hydroxylation sites is 1. The summed E-state index contributed by atoms with van der Waals surface area (Å²) in [5.74, 6) is 1.40. The lowest BCUT2D eigenvalue weighted by Crippen LogP contribution is -1.98. The topological polar surface area (TPSA) is 61.6 Å². The Balaban J connectivity index is 2.24. The van der Waals surface area contributed by atoms with E-state index in [0.717, 1.165) is 22.3 Å². The van der Waals surface area contributed by atoms with Gasteiger partial charge in [-0.15, -0.1) is 0 Å². The average Bonchev–Trinajstić information content (AvgIpc) is 2.53. The van der Waals surface area contributed by atoms with Crippen molar-refractivity contribution in [2.75, 3.05) is 12.4 Å². The number of fused-ring (bicyclic) bond motifs is 1. The van der Waals surface area contributed by atoms with Crippen molar-refractivity contribution >= 4 is 16.7 Å². The average molecular weight is 260 g/mol. The van der Waals surface area contributed by atoms with Crippen molar-refractivity contribution in [3.63, 3.8) is 0 Å². The third kappa shape index (κ3) is 2.06. The molecule has 0 aliphatic rings. The quantitative estimate of drug-likeness (QED) is 0.768. The van der Waals surface area contributed by atoms with Gasteiger partial charge in [0, 0.05) is 18.0 Å². The summed E-state index contributed by atoms with van der Waals surface area (Å²) in [5, 5.41) is 13.1. The summed E-state index contributed by atoms with van der Waals surface area (Å²) >= 11 is 0. The van der Waals surface area contributed by atoms with Gasteiger partial charge >= 0.3 is 0 Å². The Labute approximate surface area is 116 Å². The van der Waals surface area contributed by atoms with E-state index >= 15 is 0 Å². The van der Waals surface area contributed by atoms with Crippen molar-refractivity contribution in [3.05, 3.63) is 54.1 Å². The predicted molar refractivity (Wildman–Crippen MR) is 79.2 cm³/mol. The molecular formula is C16H12N4. The van der Waals surface area contributed by atoms with Crippen LogP contribution in [0.5, 0.6) is 0 Å². The van der Waals surface area contributed by atoms with E-state index in [1.807, 2.05) is 43.4 Å². The number of benzene rings is 2. The lowest BCUT2D eigenvalue weighted by atomic mass is 10.1. The Bertz CT molecular complexity index is 818. The number of nitriles is 1. The summed E-state index contributed by atoms with van der Waals surface area (Å²) in [4.78, 5) is 9.10. The molecule has 0 amide bonds. The Morgan fingerprint density at radius 3 is 2.70 bits per heavy atom. The largest absolute Gasteiger partial charge is 0.373 e. The van der Waals surface area contributed by atoms with Gasteiger partial charge in [-0.05, 0) is 24.3 Å². The van der Waals surface area contributed by atoms with E-state index < -0.39 is 0 Å². The number of nitrogens with one attached hydrogen (secondary N) is 1. The number of rotatable bonds is 2. The molecule has 20 heavy (non-hydrogen) atoms. The molecule has 1 N–H and O–H groups in total. The first-order valence-electron chi connectivity index (χ1n) is 6.27. The van der Waals surface area contributed by atoms with Crippen LogP contribution >= 0.6 is 0 Å². The van der Waals surface area contributed by atoms with E-state index in [9.17, 15) is 0 Å². The zero-order chi connectivity index (χ0) is 13.9. The van der Waals surface area contributed by atoms with E-state index in [2.05, 4.69) is 21.4 Å². The molecule has 0 spiro atoms. The van der Waals surface area contributed by atoms with Crippen molar-refractivity contribution in [1.29, 1.82) is 5.26 Å². The maximum absolute atomic E-state index is 8.98. The molecule has 96 valence electrons. The minimum absolute atomic E-state index is 0.602. The monoisotopic (exact) mass is 260 g/mol. The number of aromatic nitrogens is 2. The summed E-state index contributed by atoms with van der Waals surface area (Å²) in [6, 6.07) is 17.3. The highest BCUT2D eigenvalue weighted by Crippen LogP contribution is 2.24. The highest BCUT2D eigenvalue weighted by Gasteiger charge is 2.08. The Morgan fingerprint density at radius 2 is 1.90 bits per heavy atom. The van der Waals surface area contributed by atoms with E-state index in [-0.39, 0.29) is 0 Å². The van der Waals surface area contributed by atoms with Gasteiger partial charge in [0.2, 0.25) is 0 Å². The molecule has 4 nitrogen and oxygen atoms in total. The summed E-state index contributed by atoms with van der Waals surface area (Å²) in [7, 11) is 1.84. The number of hydrogen-bond acceptors (Lipinski definition) is 4. The van der Waals surface area contributed by atoms with Gasteiger partial charge in [0.15, 0.2) is 5.82 Å². The lowest BCUT2D eigenvalue weighted by molar-refractivity contribution is 1.21. The van der Waals surface area contributed by atoms with Crippen LogP contribution in [0.3, 0.4) is 0 Å². The van der Waals surface area contributed by atoms with Crippen LogP contribution in [0.15, 0.2) is 48.5 Å². The maximum atomic E-state index is 8.98. The summed E-state index contributed by atoms with van der Waals surface area (Å²) in [6.45, 7) is 0. The predicted octanol–water partition coefficient (Wildman–Crippen LogP) is 3.21. The van der Waals surface area contributed by atoms with Crippen LogP contribution in [0.25, 0.3) is 22.3 Å². The van der Waals surface area contributed by atoms with Gasteiger partial charge in [-0.25, -0.2) is 9.97 Å². The normalized spacial score (nSPS) is 10.2. The highest BCUT2D eigenvalue weighted by atomic mass is 15.0. The van der Waals surface area contributed by atoms with Crippen LogP contribution in [-0.4, -0.2) is 17.0 Å². The van der Waals surface area contributed by atoms with Crippen molar-refractivity contribution in [2.24, 2.45) is 0 Å². The molecule has 3 rings (SSSR count). The zero-order valence-electron chi connectivity index (χ0n) is 11.0. The fourth-order valence-corrected chi connectivity index (χ4v) is 2.12. The van der Waals surface area contributed by atoms with Crippen molar-refractivity contribution in [3.8, 4) is 17.5 Å². The highest BCUT2D eigenvalue weighted by molar-refractivity contribution is 5.90. The van der Waals surface area contributed by atoms with Gasteiger partial charge < -0.3 is 5.32 Å². The molecule has 1 heterocycles. The molecule has 0 radical (unpaired) electrons. The number of anilines is 1. The summed E-state index contributed by atoms with van der Waals surface area (Å²) < 4.78 is 0. The molecule has 4 heteroatoms. The number of nitrogens with zero attached hydrogens (tertiary/aromatic N) is 3. The van der Waals surface area contributed by atoms with Crippen LogP contribution in [0, 0.1) is 11.3 Å². The molecule has 0 saturated carbocycles. The minimum Gasteiger partial charge on any atom is -0.373 e. The minimum atomic E-state index is 0.602. The van der Waals surface area contributed by atoms with Crippen LogP contribution in [0.1, 0.15) is 5.56 Å². The third-order valence-electron chi connectivity index (χ3n) is 3.09. The smallest absolute Gasteiger partial charge is 0.162 e. The second kappa shape index (κ2) is 4.98.